The lowest BCUT2D eigenvalue weighted by molar-refractivity contribution is 0.112. The molecule has 3 rings (SSSR count). The lowest BCUT2D eigenvalue weighted by Crippen LogP contribution is -2.16. The summed E-state index contributed by atoms with van der Waals surface area (Å²) in [5.74, 6) is -1.01. The summed E-state index contributed by atoms with van der Waals surface area (Å²) in [5.41, 5.74) is 0.623. The van der Waals surface area contributed by atoms with Gasteiger partial charge in [0.2, 0.25) is 10.0 Å². The van der Waals surface area contributed by atoms with E-state index in [9.17, 15) is 17.6 Å². The van der Waals surface area contributed by atoms with Gasteiger partial charge in [0.15, 0.2) is 6.29 Å². The average Bonchev–Trinajstić information content (AvgIpc) is 3.00. The number of halogens is 2. The van der Waals surface area contributed by atoms with Gasteiger partial charge in [0.25, 0.3) is 0 Å². The maximum atomic E-state index is 14.2. The van der Waals surface area contributed by atoms with E-state index in [4.69, 9.17) is 11.6 Å². The average molecular weight is 405 g/mol. The van der Waals surface area contributed by atoms with Crippen molar-refractivity contribution in [3.05, 3.63) is 83.0 Å². The Labute approximate surface area is 160 Å². The number of benzene rings is 1. The summed E-state index contributed by atoms with van der Waals surface area (Å²) >= 11 is 6.16. The summed E-state index contributed by atoms with van der Waals surface area (Å²) in [6.45, 7) is 0. The molecule has 0 amide bonds. The second-order valence-corrected chi connectivity index (χ2v) is 7.88. The second-order valence-electron chi connectivity index (χ2n) is 5.61. The molecule has 0 saturated heterocycles. The third-order valence-corrected chi connectivity index (χ3v) is 5.69. The van der Waals surface area contributed by atoms with Gasteiger partial charge in [-0.3, -0.25) is 9.78 Å². The molecule has 0 atom stereocenters. The highest BCUT2D eigenvalue weighted by Crippen LogP contribution is 2.34. The van der Waals surface area contributed by atoms with Gasteiger partial charge in [-0.1, -0.05) is 42.0 Å². The van der Waals surface area contributed by atoms with E-state index in [1.54, 1.807) is 36.7 Å². The number of nitrogens with zero attached hydrogens (tertiary/aromatic N) is 2. The van der Waals surface area contributed by atoms with Crippen LogP contribution in [-0.4, -0.2) is 29.4 Å². The van der Waals surface area contributed by atoms with Gasteiger partial charge in [0.1, 0.15) is 5.82 Å². The van der Waals surface area contributed by atoms with E-state index in [2.05, 4.69) is 4.98 Å². The zero-order chi connectivity index (χ0) is 19.4. The first-order valence-corrected chi connectivity index (χ1v) is 9.83. The lowest BCUT2D eigenvalue weighted by atomic mass is 10.1. The monoisotopic (exact) mass is 404 g/mol. The van der Waals surface area contributed by atoms with Gasteiger partial charge in [-0.25, -0.2) is 16.8 Å². The van der Waals surface area contributed by atoms with Crippen molar-refractivity contribution >= 4 is 34.0 Å². The van der Waals surface area contributed by atoms with Crippen LogP contribution >= 0.6 is 11.6 Å². The molecule has 2 aromatic heterocycles. The highest BCUT2D eigenvalue weighted by Gasteiger charge is 2.24. The molecule has 1 aromatic carbocycles. The molecule has 0 fully saturated rings. The number of hydrogen-bond acceptors (Lipinski definition) is 4. The molecule has 0 aliphatic carbocycles. The van der Waals surface area contributed by atoms with Crippen LogP contribution in [0.2, 0.25) is 5.02 Å². The summed E-state index contributed by atoms with van der Waals surface area (Å²) in [4.78, 5) is 15.2. The molecule has 3 aromatic rings. The summed E-state index contributed by atoms with van der Waals surface area (Å²) < 4.78 is 40.7. The maximum Gasteiger partial charge on any atom is 0.242 e. The second kappa shape index (κ2) is 7.85. The van der Waals surface area contributed by atoms with Crippen molar-refractivity contribution in [3.63, 3.8) is 0 Å². The van der Waals surface area contributed by atoms with Crippen LogP contribution in [0.15, 0.2) is 61.1 Å². The molecular formula is C19H14ClFN2O3S. The Kier molecular flexibility index (Phi) is 5.53. The van der Waals surface area contributed by atoms with Crippen LogP contribution in [0.25, 0.3) is 17.3 Å². The van der Waals surface area contributed by atoms with E-state index in [0.29, 0.717) is 6.29 Å². The first-order chi connectivity index (χ1) is 12.9. The predicted molar refractivity (Wildman–Crippen MR) is 103 cm³/mol. The molecule has 27 heavy (non-hydrogen) atoms. The number of carbonyl (C=O) groups excluding carboxylic acids is 1. The van der Waals surface area contributed by atoms with E-state index in [1.165, 1.54) is 24.3 Å². The SMILES string of the molecule is O=Cc1cn(S(=O)(=O)CC=Cc2cccnc2)c(-c2ccccc2F)c1Cl. The summed E-state index contributed by atoms with van der Waals surface area (Å²) in [6.07, 6.45) is 7.79. The van der Waals surface area contributed by atoms with Crippen LogP contribution in [0.3, 0.4) is 0 Å². The smallest absolute Gasteiger partial charge is 0.242 e. The first kappa shape index (κ1) is 19.0. The molecule has 2 heterocycles. The number of hydrogen-bond donors (Lipinski definition) is 0. The van der Waals surface area contributed by atoms with Gasteiger partial charge in [-0.05, 0) is 23.8 Å². The zero-order valence-electron chi connectivity index (χ0n) is 13.9. The van der Waals surface area contributed by atoms with Gasteiger partial charge in [0, 0.05) is 24.2 Å². The van der Waals surface area contributed by atoms with Crippen LogP contribution in [0.5, 0.6) is 0 Å². The van der Waals surface area contributed by atoms with Crippen molar-refractivity contribution in [2.24, 2.45) is 0 Å². The molecule has 0 saturated carbocycles. The number of aldehydes is 1. The molecule has 0 aliphatic heterocycles. The van der Waals surface area contributed by atoms with Gasteiger partial charge in [-0.2, -0.15) is 0 Å². The van der Waals surface area contributed by atoms with Gasteiger partial charge in [0.05, 0.1) is 22.0 Å². The van der Waals surface area contributed by atoms with Crippen LogP contribution in [0, 0.1) is 5.82 Å². The minimum atomic E-state index is -3.94. The van der Waals surface area contributed by atoms with Crippen LogP contribution in [-0.2, 0) is 10.0 Å². The van der Waals surface area contributed by atoms with Crippen LogP contribution in [0.4, 0.5) is 4.39 Å². The van der Waals surface area contributed by atoms with E-state index < -0.39 is 15.8 Å². The fourth-order valence-corrected chi connectivity index (χ4v) is 4.11. The molecule has 8 heteroatoms. The number of aromatic nitrogens is 2. The Balaban J connectivity index is 2.04. The Bertz CT molecular complexity index is 1110. The summed E-state index contributed by atoms with van der Waals surface area (Å²) in [6, 6.07) is 9.14. The Morgan fingerprint density at radius 2 is 1.96 bits per heavy atom. The van der Waals surface area contributed by atoms with Crippen molar-refractivity contribution in [1.29, 1.82) is 0 Å². The number of rotatable bonds is 6. The highest BCUT2D eigenvalue weighted by atomic mass is 35.5. The Hall–Kier alpha value is -2.77. The molecule has 0 spiro atoms. The van der Waals surface area contributed by atoms with E-state index in [-0.39, 0.29) is 27.6 Å². The minimum absolute atomic E-state index is 0.00425. The first-order valence-electron chi connectivity index (χ1n) is 7.85. The lowest BCUT2D eigenvalue weighted by Gasteiger charge is -2.10. The molecule has 0 radical (unpaired) electrons. The fraction of sp³-hybridized carbons (Fsp3) is 0.0526. The van der Waals surface area contributed by atoms with Crippen molar-refractivity contribution < 1.29 is 17.6 Å². The Morgan fingerprint density at radius 3 is 2.63 bits per heavy atom. The standard InChI is InChI=1S/C19H14ClFN2O3S/c20-18-15(13-24)12-23(19(18)16-7-1-2-8-17(16)21)27(25,26)10-4-6-14-5-3-9-22-11-14/h1-9,11-13H,10H2. The summed E-state index contributed by atoms with van der Waals surface area (Å²) in [7, 11) is -3.94. The van der Waals surface area contributed by atoms with Crippen molar-refractivity contribution in [2.75, 3.05) is 5.75 Å². The predicted octanol–water partition coefficient (Wildman–Crippen LogP) is 4.05. The third kappa shape index (κ3) is 3.99. The van der Waals surface area contributed by atoms with E-state index in [0.717, 1.165) is 15.7 Å². The van der Waals surface area contributed by atoms with Gasteiger partial charge in [-0.15, -0.1) is 0 Å². The van der Waals surface area contributed by atoms with Crippen LogP contribution in [0.1, 0.15) is 15.9 Å². The van der Waals surface area contributed by atoms with Gasteiger partial charge < -0.3 is 0 Å². The Morgan fingerprint density at radius 1 is 1.19 bits per heavy atom. The van der Waals surface area contributed by atoms with Gasteiger partial charge >= 0.3 is 0 Å². The molecule has 0 aliphatic rings. The third-order valence-electron chi connectivity index (χ3n) is 3.80. The molecule has 5 nitrogen and oxygen atoms in total. The largest absolute Gasteiger partial charge is 0.298 e. The normalized spacial score (nSPS) is 11.8. The molecule has 138 valence electrons. The summed E-state index contributed by atoms with van der Waals surface area (Å²) in [5, 5.41) is -0.116. The minimum Gasteiger partial charge on any atom is -0.298 e. The molecule has 0 unspecified atom stereocenters. The van der Waals surface area contributed by atoms with Crippen molar-refractivity contribution in [3.8, 4) is 11.3 Å². The maximum absolute atomic E-state index is 14.2. The molecule has 0 bridgehead atoms. The topological polar surface area (TPSA) is 69.0 Å². The van der Waals surface area contributed by atoms with Crippen molar-refractivity contribution in [1.82, 2.24) is 8.96 Å². The number of pyridine rings is 1. The fourth-order valence-electron chi connectivity index (χ4n) is 2.53. The molecular weight excluding hydrogens is 391 g/mol. The number of carbonyl (C=O) groups is 1. The molecule has 0 N–H and O–H groups in total. The zero-order valence-corrected chi connectivity index (χ0v) is 15.5. The highest BCUT2D eigenvalue weighted by molar-refractivity contribution is 7.90. The quantitative estimate of drug-likeness (QED) is 0.581. The van der Waals surface area contributed by atoms with Crippen molar-refractivity contribution in [2.45, 2.75) is 0 Å². The van der Waals surface area contributed by atoms with E-state index >= 15 is 0 Å². The van der Waals surface area contributed by atoms with E-state index in [1.807, 2.05) is 0 Å². The van der Waals surface area contributed by atoms with Crippen LogP contribution < -0.4 is 0 Å².